The topological polar surface area (TPSA) is 138 Å². The third-order valence-corrected chi connectivity index (χ3v) is 7.68. The van der Waals surface area contributed by atoms with Crippen LogP contribution in [0.3, 0.4) is 0 Å². The summed E-state index contributed by atoms with van der Waals surface area (Å²) in [5.74, 6) is 0.861. The molecule has 2 aliphatic rings. The number of amides is 1. The average molecular weight is 484 g/mol. The molecule has 0 radical (unpaired) electrons. The highest BCUT2D eigenvalue weighted by Gasteiger charge is 2.47. The fourth-order valence-electron chi connectivity index (χ4n) is 4.69. The van der Waals surface area contributed by atoms with E-state index in [0.29, 0.717) is 28.1 Å². The fraction of sp³-hybridized carbons (Fsp3) is 0.522. The van der Waals surface area contributed by atoms with Crippen molar-refractivity contribution in [1.29, 1.82) is 0 Å². The molecular formula is C23H29N7O3S. The number of hydrogen-bond donors (Lipinski definition) is 4. The van der Waals surface area contributed by atoms with Crippen LogP contribution in [0.5, 0.6) is 0 Å². The van der Waals surface area contributed by atoms with Crippen LogP contribution in [-0.2, 0) is 4.79 Å². The van der Waals surface area contributed by atoms with Crippen LogP contribution >= 0.6 is 11.8 Å². The molecule has 6 unspecified atom stereocenters. The first-order valence-electron chi connectivity index (χ1n) is 11.7. The summed E-state index contributed by atoms with van der Waals surface area (Å²) in [6, 6.07) is 10.0. The normalized spacial score (nSPS) is 28.2. The Labute approximate surface area is 201 Å². The van der Waals surface area contributed by atoms with Crippen LogP contribution in [-0.4, -0.2) is 72.1 Å². The number of anilines is 1. The molecule has 2 aliphatic carbocycles. The lowest BCUT2D eigenvalue weighted by molar-refractivity contribution is -0.128. The summed E-state index contributed by atoms with van der Waals surface area (Å²) in [5, 5.41) is 36.5. The Balaban J connectivity index is 1.46. The molecule has 0 saturated heterocycles. The Morgan fingerprint density at radius 3 is 2.71 bits per heavy atom. The van der Waals surface area contributed by atoms with E-state index >= 15 is 0 Å². The Kier molecular flexibility index (Phi) is 6.41. The molecule has 5 rings (SSSR count). The number of carbonyl (C=O) groups is 1. The molecular weight excluding hydrogens is 454 g/mol. The van der Waals surface area contributed by atoms with Gasteiger partial charge in [0.05, 0.1) is 18.1 Å². The van der Waals surface area contributed by atoms with E-state index in [1.165, 1.54) is 17.3 Å². The molecule has 34 heavy (non-hydrogen) atoms. The van der Waals surface area contributed by atoms with E-state index in [1.807, 2.05) is 18.2 Å². The van der Waals surface area contributed by atoms with Gasteiger partial charge in [-0.25, -0.2) is 14.6 Å². The van der Waals surface area contributed by atoms with E-state index in [2.05, 4.69) is 45.0 Å². The van der Waals surface area contributed by atoms with Crippen LogP contribution in [0.4, 0.5) is 5.82 Å². The van der Waals surface area contributed by atoms with E-state index in [1.54, 1.807) is 11.8 Å². The van der Waals surface area contributed by atoms with Crippen molar-refractivity contribution in [3.63, 3.8) is 0 Å². The average Bonchev–Trinajstić information content (AvgIpc) is 3.40. The summed E-state index contributed by atoms with van der Waals surface area (Å²) < 4.78 is 1.54. The van der Waals surface area contributed by atoms with Crippen molar-refractivity contribution in [2.75, 3.05) is 18.1 Å². The van der Waals surface area contributed by atoms with Crippen molar-refractivity contribution < 1.29 is 15.0 Å². The third kappa shape index (κ3) is 4.23. The van der Waals surface area contributed by atoms with E-state index in [4.69, 9.17) is 4.98 Å². The molecule has 0 aliphatic heterocycles. The molecule has 1 aromatic carbocycles. The van der Waals surface area contributed by atoms with Crippen molar-refractivity contribution in [2.24, 2.45) is 5.92 Å². The highest BCUT2D eigenvalue weighted by Crippen LogP contribution is 2.43. The zero-order chi connectivity index (χ0) is 23.8. The van der Waals surface area contributed by atoms with Gasteiger partial charge in [-0.05, 0) is 24.8 Å². The second-order valence-electron chi connectivity index (χ2n) is 8.92. The summed E-state index contributed by atoms with van der Waals surface area (Å²) in [7, 11) is 1.52. The van der Waals surface area contributed by atoms with E-state index in [9.17, 15) is 15.0 Å². The molecule has 0 bridgehead atoms. The minimum absolute atomic E-state index is 0.239. The summed E-state index contributed by atoms with van der Waals surface area (Å²) >= 11 is 1.55. The van der Waals surface area contributed by atoms with Crippen molar-refractivity contribution in [3.8, 4) is 0 Å². The summed E-state index contributed by atoms with van der Waals surface area (Å²) in [6.07, 6.45) is -0.120. The number of nitrogens with zero attached hydrogens (tertiary/aromatic N) is 5. The van der Waals surface area contributed by atoms with Crippen LogP contribution in [0.25, 0.3) is 11.2 Å². The Morgan fingerprint density at radius 2 is 1.97 bits per heavy atom. The Morgan fingerprint density at radius 1 is 1.18 bits per heavy atom. The first-order chi connectivity index (χ1) is 16.5. The van der Waals surface area contributed by atoms with Gasteiger partial charge in [0.1, 0.15) is 6.10 Å². The maximum atomic E-state index is 12.2. The lowest BCUT2D eigenvalue weighted by Gasteiger charge is -2.17. The zero-order valence-corrected chi connectivity index (χ0v) is 19.9. The van der Waals surface area contributed by atoms with Gasteiger partial charge in [-0.2, -0.15) is 0 Å². The summed E-state index contributed by atoms with van der Waals surface area (Å²) in [5.41, 5.74) is 2.30. The number of carbonyl (C=O) groups excluding carboxylic acids is 1. The highest BCUT2D eigenvalue weighted by molar-refractivity contribution is 7.99. The minimum atomic E-state index is -1.18. The molecule has 4 N–H and O–H groups in total. The Hall–Kier alpha value is -2.76. The first kappa shape index (κ1) is 23.0. The summed E-state index contributed by atoms with van der Waals surface area (Å²) in [4.78, 5) is 21.6. The van der Waals surface area contributed by atoms with Crippen molar-refractivity contribution in [1.82, 2.24) is 30.3 Å². The lowest BCUT2D eigenvalue weighted by Crippen LogP contribution is -2.36. The maximum absolute atomic E-state index is 12.2. The molecule has 6 atom stereocenters. The number of nitrogens with one attached hydrogen (secondary N) is 2. The number of benzene rings is 1. The highest BCUT2D eigenvalue weighted by atomic mass is 32.2. The van der Waals surface area contributed by atoms with Crippen LogP contribution in [0, 0.1) is 5.92 Å². The smallest absolute Gasteiger partial charge is 0.225 e. The van der Waals surface area contributed by atoms with Crippen LogP contribution in [0.2, 0.25) is 0 Å². The van der Waals surface area contributed by atoms with Gasteiger partial charge in [-0.1, -0.05) is 54.2 Å². The van der Waals surface area contributed by atoms with Crippen LogP contribution in [0.1, 0.15) is 43.7 Å². The van der Waals surface area contributed by atoms with Gasteiger partial charge in [0.2, 0.25) is 5.91 Å². The summed E-state index contributed by atoms with van der Waals surface area (Å²) in [6.45, 7) is 2.10. The molecule has 1 amide bonds. The molecule has 180 valence electrons. The van der Waals surface area contributed by atoms with E-state index < -0.39 is 24.2 Å². The molecule has 3 aromatic rings. The number of rotatable bonds is 8. The number of hydrogen-bond acceptors (Lipinski definition) is 9. The maximum Gasteiger partial charge on any atom is 0.225 e. The lowest BCUT2D eigenvalue weighted by atomic mass is 10.1. The van der Waals surface area contributed by atoms with E-state index in [0.717, 1.165) is 18.6 Å². The molecule has 2 saturated carbocycles. The standard InChI is InChI=1S/C23H29N7O3S/c1-3-9-34-23-26-20(25-15-10-13(15)12-7-5-4-6-8-12)17-21(27-23)30(29-28-17)16-11-14(22(33)24-2)18(31)19(16)32/h4-8,13-16,18-19,31-32H,3,9-11H2,1-2H3,(H,24,33)(H,25,26,27). The van der Waals surface area contributed by atoms with Gasteiger partial charge in [-0.3, -0.25) is 4.79 Å². The monoisotopic (exact) mass is 483 g/mol. The van der Waals surface area contributed by atoms with Crippen LogP contribution < -0.4 is 10.6 Å². The number of thioether (sulfide) groups is 1. The van der Waals surface area contributed by atoms with Crippen molar-refractivity contribution >= 4 is 34.7 Å². The SMILES string of the molecule is CCCSc1nc(NC2CC2c2ccccc2)c2nnn(C3CC(C(=O)NC)C(O)C3O)c2n1. The number of aliphatic hydroxyl groups excluding tert-OH is 2. The predicted octanol–water partition coefficient (Wildman–Crippen LogP) is 1.72. The molecule has 2 fully saturated rings. The molecule has 10 nitrogen and oxygen atoms in total. The fourth-order valence-corrected chi connectivity index (χ4v) is 5.38. The van der Waals surface area contributed by atoms with Gasteiger partial charge in [0.15, 0.2) is 22.1 Å². The number of aromatic nitrogens is 5. The number of aliphatic hydroxyl groups is 2. The molecule has 2 aromatic heterocycles. The quantitative estimate of drug-likeness (QED) is 0.279. The second-order valence-corrected chi connectivity index (χ2v) is 9.98. The number of fused-ring (bicyclic) bond motifs is 1. The first-order valence-corrected chi connectivity index (χ1v) is 12.6. The Bertz CT molecular complexity index is 1170. The second kappa shape index (κ2) is 9.47. The van der Waals surface area contributed by atoms with Gasteiger partial charge in [0.25, 0.3) is 0 Å². The van der Waals surface area contributed by atoms with Crippen molar-refractivity contribution in [2.45, 2.75) is 61.6 Å². The molecule has 2 heterocycles. The molecule has 0 spiro atoms. The van der Waals surface area contributed by atoms with Gasteiger partial charge in [0, 0.05) is 24.8 Å². The third-order valence-electron chi connectivity index (χ3n) is 6.63. The predicted molar refractivity (Wildman–Crippen MR) is 129 cm³/mol. The van der Waals surface area contributed by atoms with Crippen molar-refractivity contribution in [3.05, 3.63) is 35.9 Å². The minimum Gasteiger partial charge on any atom is -0.390 e. The van der Waals surface area contributed by atoms with Gasteiger partial charge in [-0.15, -0.1) is 5.10 Å². The van der Waals surface area contributed by atoms with Crippen LogP contribution in [0.15, 0.2) is 35.5 Å². The zero-order valence-electron chi connectivity index (χ0n) is 19.1. The van der Waals surface area contributed by atoms with Gasteiger partial charge < -0.3 is 20.8 Å². The molecule has 11 heteroatoms. The largest absolute Gasteiger partial charge is 0.390 e. The van der Waals surface area contributed by atoms with Gasteiger partial charge >= 0.3 is 0 Å². The van der Waals surface area contributed by atoms with E-state index in [-0.39, 0.29) is 18.4 Å².